The summed E-state index contributed by atoms with van der Waals surface area (Å²) in [6.45, 7) is 1.31. The second-order valence-electron chi connectivity index (χ2n) is 9.92. The minimum Gasteiger partial charge on any atom is -0.456 e. The molecule has 0 N–H and O–H groups in total. The van der Waals surface area contributed by atoms with E-state index in [2.05, 4.69) is 0 Å². The fraction of sp³-hybridized carbons (Fsp3) is 0.0882. The molecule has 0 bridgehead atoms. The SMILES string of the molecule is CC(=O)Oc1ccc2c(c1)Oc1cc(OC(=O)Cc3cccc4ccccc34)ccc1C21OC(=O)c2ccccc21. The number of carbonyl (C=O) groups is 3. The Hall–Kier alpha value is -5.43. The molecule has 5 aromatic rings. The summed E-state index contributed by atoms with van der Waals surface area (Å²) < 4.78 is 23.4. The largest absolute Gasteiger partial charge is 0.456 e. The molecule has 2 heterocycles. The van der Waals surface area contributed by atoms with E-state index in [4.69, 9.17) is 18.9 Å². The molecule has 2 aliphatic heterocycles. The van der Waals surface area contributed by atoms with Gasteiger partial charge in [0.15, 0.2) is 5.60 Å². The topological polar surface area (TPSA) is 88.1 Å². The molecule has 0 aromatic heterocycles. The van der Waals surface area contributed by atoms with Gasteiger partial charge in [-0.3, -0.25) is 9.59 Å². The predicted molar refractivity (Wildman–Crippen MR) is 149 cm³/mol. The van der Waals surface area contributed by atoms with Crippen LogP contribution in [0.3, 0.4) is 0 Å². The zero-order chi connectivity index (χ0) is 28.1. The molecule has 200 valence electrons. The van der Waals surface area contributed by atoms with Crippen LogP contribution >= 0.6 is 0 Å². The monoisotopic (exact) mass is 542 g/mol. The van der Waals surface area contributed by atoms with Gasteiger partial charge in [-0.1, -0.05) is 60.7 Å². The van der Waals surface area contributed by atoms with Crippen LogP contribution in [-0.4, -0.2) is 17.9 Å². The van der Waals surface area contributed by atoms with Gasteiger partial charge >= 0.3 is 17.9 Å². The van der Waals surface area contributed by atoms with E-state index in [1.807, 2.05) is 54.6 Å². The van der Waals surface area contributed by atoms with Gasteiger partial charge in [0.05, 0.1) is 12.0 Å². The molecule has 7 rings (SSSR count). The van der Waals surface area contributed by atoms with Crippen LogP contribution in [0, 0.1) is 0 Å². The van der Waals surface area contributed by atoms with Crippen molar-refractivity contribution in [3.63, 3.8) is 0 Å². The van der Waals surface area contributed by atoms with Gasteiger partial charge in [0.2, 0.25) is 0 Å². The maximum atomic E-state index is 13.0. The maximum absolute atomic E-state index is 13.0. The van der Waals surface area contributed by atoms with Crippen molar-refractivity contribution < 1.29 is 33.3 Å². The number of benzene rings is 5. The van der Waals surface area contributed by atoms with Crippen LogP contribution in [0.2, 0.25) is 0 Å². The Morgan fingerprint density at radius 1 is 0.732 bits per heavy atom. The van der Waals surface area contributed by atoms with Crippen molar-refractivity contribution in [2.45, 2.75) is 18.9 Å². The van der Waals surface area contributed by atoms with E-state index >= 15 is 0 Å². The second-order valence-corrected chi connectivity index (χ2v) is 9.92. The molecule has 0 aliphatic carbocycles. The van der Waals surface area contributed by atoms with Gasteiger partial charge in [-0.25, -0.2) is 4.79 Å². The van der Waals surface area contributed by atoms with Crippen LogP contribution in [0.15, 0.2) is 103 Å². The molecule has 0 fully saturated rings. The van der Waals surface area contributed by atoms with E-state index in [9.17, 15) is 14.4 Å². The van der Waals surface area contributed by atoms with Crippen molar-refractivity contribution in [1.29, 1.82) is 0 Å². The molecule has 0 saturated heterocycles. The predicted octanol–water partition coefficient (Wildman–Crippen LogP) is 6.48. The fourth-order valence-corrected chi connectivity index (χ4v) is 5.70. The molecule has 0 radical (unpaired) electrons. The Balaban J connectivity index is 1.28. The lowest BCUT2D eigenvalue weighted by molar-refractivity contribution is -0.134. The van der Waals surface area contributed by atoms with E-state index in [1.165, 1.54) is 6.92 Å². The summed E-state index contributed by atoms with van der Waals surface area (Å²) in [4.78, 5) is 37.7. The average Bonchev–Trinajstić information content (AvgIpc) is 3.25. The Labute approximate surface area is 234 Å². The molecular formula is C34H22O7. The van der Waals surface area contributed by atoms with Gasteiger partial charge in [-0.05, 0) is 46.7 Å². The summed E-state index contributed by atoms with van der Waals surface area (Å²) in [7, 11) is 0. The van der Waals surface area contributed by atoms with E-state index in [0.717, 1.165) is 16.3 Å². The van der Waals surface area contributed by atoms with Crippen molar-refractivity contribution in [3.05, 3.63) is 131 Å². The van der Waals surface area contributed by atoms with E-state index in [1.54, 1.807) is 48.5 Å². The molecule has 1 spiro atoms. The summed E-state index contributed by atoms with van der Waals surface area (Å²) >= 11 is 0. The van der Waals surface area contributed by atoms with Gasteiger partial charge in [0.25, 0.3) is 0 Å². The third-order valence-corrected chi connectivity index (χ3v) is 7.36. The molecule has 7 heteroatoms. The first-order valence-electron chi connectivity index (χ1n) is 13.1. The maximum Gasteiger partial charge on any atom is 0.340 e. The lowest BCUT2D eigenvalue weighted by Gasteiger charge is -2.36. The van der Waals surface area contributed by atoms with Crippen molar-refractivity contribution in [1.82, 2.24) is 0 Å². The van der Waals surface area contributed by atoms with E-state index in [-0.39, 0.29) is 17.9 Å². The number of hydrogen-bond donors (Lipinski definition) is 0. The summed E-state index contributed by atoms with van der Waals surface area (Å²) in [6.07, 6.45) is 0.0861. The van der Waals surface area contributed by atoms with Crippen LogP contribution in [0.5, 0.6) is 23.0 Å². The number of esters is 3. The van der Waals surface area contributed by atoms with Crippen molar-refractivity contribution >= 4 is 28.7 Å². The average molecular weight is 543 g/mol. The highest BCUT2D eigenvalue weighted by Crippen LogP contribution is 2.57. The van der Waals surface area contributed by atoms with Gasteiger partial charge in [0.1, 0.15) is 23.0 Å². The number of carbonyl (C=O) groups excluding carboxylic acids is 3. The van der Waals surface area contributed by atoms with Crippen molar-refractivity contribution in [3.8, 4) is 23.0 Å². The normalized spacial score (nSPS) is 16.3. The van der Waals surface area contributed by atoms with Crippen LogP contribution in [0.1, 0.15) is 39.5 Å². The lowest BCUT2D eigenvalue weighted by atomic mass is 9.77. The first kappa shape index (κ1) is 24.6. The standard InChI is InChI=1S/C34H22O7/c1-20(35)38-23-13-15-28-30(18-23)40-31-19-24(39-32(36)17-22-9-6-8-21-7-2-3-10-25(21)22)14-16-29(31)34(28)27-12-5-4-11-26(27)33(37)41-34/h2-16,18-19H,17H2,1H3. The van der Waals surface area contributed by atoms with Gasteiger partial charge < -0.3 is 18.9 Å². The zero-order valence-corrected chi connectivity index (χ0v) is 21.9. The van der Waals surface area contributed by atoms with Gasteiger partial charge in [-0.15, -0.1) is 0 Å². The summed E-state index contributed by atoms with van der Waals surface area (Å²) in [5, 5.41) is 2.04. The van der Waals surface area contributed by atoms with E-state index in [0.29, 0.717) is 33.8 Å². The summed E-state index contributed by atoms with van der Waals surface area (Å²) in [5.74, 6) is -0.117. The van der Waals surface area contributed by atoms with Crippen LogP contribution in [0.4, 0.5) is 0 Å². The number of rotatable bonds is 4. The zero-order valence-electron chi connectivity index (χ0n) is 21.9. The Morgan fingerprint density at radius 2 is 1.39 bits per heavy atom. The molecule has 7 nitrogen and oxygen atoms in total. The van der Waals surface area contributed by atoms with Crippen LogP contribution in [-0.2, 0) is 26.3 Å². The van der Waals surface area contributed by atoms with Gasteiger partial charge in [0, 0.05) is 35.7 Å². The number of fused-ring (bicyclic) bond motifs is 7. The summed E-state index contributed by atoms with van der Waals surface area (Å²) in [5.41, 5.74) is 1.84. The second kappa shape index (κ2) is 9.34. The molecule has 2 aliphatic rings. The lowest BCUT2D eigenvalue weighted by Crippen LogP contribution is -2.33. The Bertz CT molecular complexity index is 1900. The minimum absolute atomic E-state index is 0.0861. The molecule has 41 heavy (non-hydrogen) atoms. The number of hydrogen-bond acceptors (Lipinski definition) is 7. The molecule has 0 saturated carbocycles. The quantitative estimate of drug-likeness (QED) is 0.190. The fourth-order valence-electron chi connectivity index (χ4n) is 5.70. The molecule has 0 amide bonds. The van der Waals surface area contributed by atoms with Crippen LogP contribution < -0.4 is 14.2 Å². The smallest absolute Gasteiger partial charge is 0.340 e. The molecular weight excluding hydrogens is 520 g/mol. The number of ether oxygens (including phenoxy) is 4. The Kier molecular flexibility index (Phi) is 5.61. The minimum atomic E-state index is -1.29. The third-order valence-electron chi connectivity index (χ3n) is 7.36. The third kappa shape index (κ3) is 4.02. The molecule has 1 atom stereocenters. The first-order chi connectivity index (χ1) is 19.9. The molecule has 5 aromatic carbocycles. The Morgan fingerprint density at radius 3 is 2.15 bits per heavy atom. The van der Waals surface area contributed by atoms with Crippen molar-refractivity contribution in [2.75, 3.05) is 0 Å². The van der Waals surface area contributed by atoms with Crippen LogP contribution in [0.25, 0.3) is 10.8 Å². The van der Waals surface area contributed by atoms with E-state index < -0.39 is 23.5 Å². The van der Waals surface area contributed by atoms with Gasteiger partial charge in [-0.2, -0.15) is 0 Å². The highest BCUT2D eigenvalue weighted by molar-refractivity contribution is 5.97. The highest BCUT2D eigenvalue weighted by Gasteiger charge is 2.53. The van der Waals surface area contributed by atoms with Crippen molar-refractivity contribution in [2.24, 2.45) is 0 Å². The highest BCUT2D eigenvalue weighted by atomic mass is 16.6. The molecule has 1 unspecified atom stereocenters. The first-order valence-corrected chi connectivity index (χ1v) is 13.1. The summed E-state index contributed by atoms with van der Waals surface area (Å²) in [6, 6.07) is 30.8.